The van der Waals surface area contributed by atoms with Crippen molar-refractivity contribution in [1.82, 2.24) is 0 Å². The zero-order valence-electron chi connectivity index (χ0n) is 15.4. The maximum absolute atomic E-state index is 12.7. The Labute approximate surface area is 170 Å². The third kappa shape index (κ3) is 3.45. The molecule has 0 fully saturated rings. The molecule has 2 aliphatic rings. The smallest absolute Gasteiger partial charge is 0.431 e. The lowest BCUT2D eigenvalue weighted by molar-refractivity contribution is -0.306. The highest BCUT2D eigenvalue weighted by Gasteiger charge is 2.49. The Morgan fingerprint density at radius 2 is 1.43 bits per heavy atom. The summed E-state index contributed by atoms with van der Waals surface area (Å²) >= 11 is 0. The van der Waals surface area contributed by atoms with Crippen LogP contribution in [0, 0.1) is 0 Å². The normalized spacial score (nSPS) is 18.6. The zero-order chi connectivity index (χ0) is 21.2. The van der Waals surface area contributed by atoms with Gasteiger partial charge in [0.15, 0.2) is 0 Å². The van der Waals surface area contributed by atoms with E-state index in [1.807, 2.05) is 0 Å². The van der Waals surface area contributed by atoms with Crippen LogP contribution in [-0.4, -0.2) is 22.2 Å². The minimum absolute atomic E-state index is 0.0392. The van der Waals surface area contributed by atoms with Crippen LogP contribution in [0.3, 0.4) is 0 Å². The van der Waals surface area contributed by atoms with E-state index < -0.39 is 23.5 Å². The van der Waals surface area contributed by atoms with Crippen molar-refractivity contribution in [1.29, 1.82) is 0 Å². The summed E-state index contributed by atoms with van der Waals surface area (Å²) in [7, 11) is 0. The first kappa shape index (κ1) is 19.4. The Balaban J connectivity index is 1.53. The molecule has 0 saturated carbocycles. The molecule has 5 rings (SSSR count). The first-order valence-corrected chi connectivity index (χ1v) is 8.89. The Morgan fingerprint density at radius 1 is 0.833 bits per heavy atom. The van der Waals surface area contributed by atoms with E-state index in [-0.39, 0.29) is 22.6 Å². The molecule has 2 bridgehead atoms. The molecule has 152 valence electrons. The number of ether oxygens (including phenoxy) is 2. The highest BCUT2D eigenvalue weighted by Crippen LogP contribution is 2.34. The van der Waals surface area contributed by atoms with Gasteiger partial charge in [0.05, 0.1) is 0 Å². The molecule has 2 heterocycles. The molecule has 0 saturated heterocycles. The summed E-state index contributed by atoms with van der Waals surface area (Å²) in [6.45, 7) is 0. The number of para-hydroxylation sites is 1. The summed E-state index contributed by atoms with van der Waals surface area (Å²) in [6.07, 6.45) is 0. The Hall–Kier alpha value is -3.88. The van der Waals surface area contributed by atoms with E-state index in [9.17, 15) is 19.8 Å². The molecule has 3 aromatic rings. The predicted octanol–water partition coefficient (Wildman–Crippen LogP) is 2.15. The van der Waals surface area contributed by atoms with Crippen LogP contribution in [0.25, 0.3) is 0 Å². The molecule has 0 aliphatic carbocycles. The number of hydrogen-bond donors (Lipinski definition) is 2. The van der Waals surface area contributed by atoms with Gasteiger partial charge in [-0.1, -0.05) is 48.5 Å². The standard InChI is InChI=1S/C22H16O8/c23-19(29-30-20(24)22(26)16-11-13-18(28-22)14-12-16)21(25,15-7-3-1-4-8-15)27-17-9-5-2-6-10-17/h1-14,25-26H. The van der Waals surface area contributed by atoms with Gasteiger partial charge >= 0.3 is 23.5 Å². The molecule has 2 unspecified atom stereocenters. The van der Waals surface area contributed by atoms with Crippen LogP contribution in [0.15, 0.2) is 84.9 Å². The number of benzene rings is 3. The van der Waals surface area contributed by atoms with Crippen LogP contribution in [0.1, 0.15) is 11.1 Å². The Bertz CT molecular complexity index is 1050. The Morgan fingerprint density at radius 3 is 2.00 bits per heavy atom. The third-order valence-electron chi connectivity index (χ3n) is 4.43. The summed E-state index contributed by atoms with van der Waals surface area (Å²) in [5.74, 6) is -7.53. The fourth-order valence-corrected chi connectivity index (χ4v) is 2.87. The van der Waals surface area contributed by atoms with E-state index in [0.717, 1.165) is 0 Å². The van der Waals surface area contributed by atoms with Crippen molar-refractivity contribution in [3.8, 4) is 11.5 Å². The maximum Gasteiger partial charge on any atom is 0.431 e. The monoisotopic (exact) mass is 408 g/mol. The lowest BCUT2D eigenvalue weighted by Crippen LogP contribution is -2.47. The SMILES string of the molecule is O=C(OOC(=O)C1(O)Oc2ccc1cc2)C(O)(Oc1ccccc1)c1ccccc1. The molecule has 2 atom stereocenters. The number of hydrogen-bond acceptors (Lipinski definition) is 8. The second kappa shape index (κ2) is 7.51. The second-order valence-corrected chi connectivity index (χ2v) is 6.44. The Kier molecular flexibility index (Phi) is 4.86. The van der Waals surface area contributed by atoms with Gasteiger partial charge < -0.3 is 19.7 Å². The van der Waals surface area contributed by atoms with E-state index in [1.54, 1.807) is 48.5 Å². The van der Waals surface area contributed by atoms with Crippen molar-refractivity contribution in [2.45, 2.75) is 11.6 Å². The minimum Gasteiger partial charge on any atom is -0.448 e. The first-order chi connectivity index (χ1) is 14.4. The van der Waals surface area contributed by atoms with Crippen LogP contribution in [0.2, 0.25) is 0 Å². The van der Waals surface area contributed by atoms with Crippen molar-refractivity contribution in [2.75, 3.05) is 0 Å². The average molecular weight is 408 g/mol. The topological polar surface area (TPSA) is 112 Å². The molecular formula is C22H16O8. The van der Waals surface area contributed by atoms with Crippen LogP contribution in [-0.2, 0) is 30.9 Å². The van der Waals surface area contributed by atoms with Gasteiger partial charge in [-0.15, -0.1) is 0 Å². The predicted molar refractivity (Wildman–Crippen MR) is 101 cm³/mol. The van der Waals surface area contributed by atoms with Crippen molar-refractivity contribution in [2.24, 2.45) is 0 Å². The summed E-state index contributed by atoms with van der Waals surface area (Å²) in [5, 5.41) is 21.4. The molecule has 8 heteroatoms. The molecular weight excluding hydrogens is 392 g/mol. The average Bonchev–Trinajstić information content (AvgIpc) is 2.79. The number of aliphatic hydroxyl groups is 2. The van der Waals surface area contributed by atoms with Gasteiger partial charge in [0.1, 0.15) is 11.5 Å². The zero-order valence-corrected chi connectivity index (χ0v) is 15.4. The van der Waals surface area contributed by atoms with Gasteiger partial charge in [0, 0.05) is 11.1 Å². The van der Waals surface area contributed by atoms with E-state index >= 15 is 0 Å². The van der Waals surface area contributed by atoms with Gasteiger partial charge in [-0.3, -0.25) is 0 Å². The van der Waals surface area contributed by atoms with Crippen molar-refractivity contribution in [3.63, 3.8) is 0 Å². The molecule has 8 nitrogen and oxygen atoms in total. The minimum atomic E-state index is -2.63. The lowest BCUT2D eigenvalue weighted by Gasteiger charge is -2.30. The fraction of sp³-hybridized carbons (Fsp3) is 0.0909. The molecule has 0 amide bonds. The molecule has 0 radical (unpaired) electrons. The van der Waals surface area contributed by atoms with Gasteiger partial charge in [-0.25, -0.2) is 19.4 Å². The quantitative estimate of drug-likeness (QED) is 0.375. The van der Waals surface area contributed by atoms with Gasteiger partial charge in [-0.2, -0.15) is 0 Å². The van der Waals surface area contributed by atoms with Crippen molar-refractivity contribution >= 4 is 11.9 Å². The van der Waals surface area contributed by atoms with Crippen LogP contribution >= 0.6 is 0 Å². The lowest BCUT2D eigenvalue weighted by atomic mass is 10.0. The highest BCUT2D eigenvalue weighted by molar-refractivity contribution is 5.83. The molecule has 2 aliphatic heterocycles. The molecule has 2 N–H and O–H groups in total. The number of carbonyl (C=O) groups excluding carboxylic acids is 2. The van der Waals surface area contributed by atoms with Crippen LogP contribution in [0.4, 0.5) is 0 Å². The largest absolute Gasteiger partial charge is 0.448 e. The van der Waals surface area contributed by atoms with E-state index in [1.165, 1.54) is 36.4 Å². The fourth-order valence-electron chi connectivity index (χ4n) is 2.87. The second-order valence-electron chi connectivity index (χ2n) is 6.44. The number of rotatable bonds is 5. The molecule has 0 aromatic heterocycles. The third-order valence-corrected chi connectivity index (χ3v) is 4.43. The summed E-state index contributed by atoms with van der Waals surface area (Å²) < 4.78 is 10.6. The molecule has 3 aromatic carbocycles. The first-order valence-electron chi connectivity index (χ1n) is 8.89. The number of carbonyl (C=O) groups is 2. The summed E-state index contributed by atoms with van der Waals surface area (Å²) in [5.41, 5.74) is 0.134. The van der Waals surface area contributed by atoms with Gasteiger partial charge in [0.2, 0.25) is 0 Å². The highest BCUT2D eigenvalue weighted by atomic mass is 17.2. The van der Waals surface area contributed by atoms with Gasteiger partial charge in [0.25, 0.3) is 0 Å². The van der Waals surface area contributed by atoms with Crippen molar-refractivity contribution in [3.05, 3.63) is 96.1 Å². The van der Waals surface area contributed by atoms with E-state index in [4.69, 9.17) is 9.47 Å². The van der Waals surface area contributed by atoms with E-state index in [2.05, 4.69) is 9.78 Å². The van der Waals surface area contributed by atoms with Crippen molar-refractivity contribution < 1.29 is 39.1 Å². The van der Waals surface area contributed by atoms with E-state index in [0.29, 0.717) is 0 Å². The summed E-state index contributed by atoms with van der Waals surface area (Å²) in [4.78, 5) is 34.1. The number of fused-ring (bicyclic) bond motifs is 3. The van der Waals surface area contributed by atoms with Crippen LogP contribution in [0.5, 0.6) is 11.5 Å². The van der Waals surface area contributed by atoms with Crippen LogP contribution < -0.4 is 9.47 Å². The van der Waals surface area contributed by atoms with Gasteiger partial charge in [-0.05, 0) is 36.4 Å². The maximum atomic E-state index is 12.7. The molecule has 0 spiro atoms. The molecule has 30 heavy (non-hydrogen) atoms. The summed E-state index contributed by atoms with van der Waals surface area (Å²) in [6, 6.07) is 21.8.